The van der Waals surface area contributed by atoms with E-state index in [9.17, 15) is 4.79 Å². The molecule has 1 heterocycles. The zero-order chi connectivity index (χ0) is 15.8. The van der Waals surface area contributed by atoms with Gasteiger partial charge in [0.25, 0.3) is 5.91 Å². The summed E-state index contributed by atoms with van der Waals surface area (Å²) < 4.78 is 10.9. The van der Waals surface area contributed by atoms with Crippen LogP contribution in [0.25, 0.3) is 6.08 Å². The number of hydrogen-bond donors (Lipinski definition) is 2. The van der Waals surface area contributed by atoms with Crippen LogP contribution >= 0.6 is 0 Å². The third-order valence-corrected chi connectivity index (χ3v) is 3.57. The van der Waals surface area contributed by atoms with Gasteiger partial charge in [-0.05, 0) is 44.0 Å². The molecule has 1 aromatic carbocycles. The molecule has 1 saturated heterocycles. The maximum atomic E-state index is 11.9. The molecule has 120 valence electrons. The first kappa shape index (κ1) is 16.4. The van der Waals surface area contributed by atoms with E-state index in [2.05, 4.69) is 10.6 Å². The largest absolute Gasteiger partial charge is 0.493 e. The summed E-state index contributed by atoms with van der Waals surface area (Å²) in [7, 11) is 1.59. The van der Waals surface area contributed by atoms with E-state index in [-0.39, 0.29) is 18.6 Å². The second-order valence-corrected chi connectivity index (χ2v) is 5.31. The molecule has 5 nitrogen and oxygen atoms in total. The van der Waals surface area contributed by atoms with Gasteiger partial charge in [-0.25, -0.2) is 0 Å². The minimum atomic E-state index is -0.103. The SMILES string of the molecule is C/C=C/c1ccc(OCC(=O)NC2CCCNC2)c(OC)c1. The number of rotatable bonds is 6. The predicted molar refractivity (Wildman–Crippen MR) is 87.2 cm³/mol. The predicted octanol–water partition coefficient (Wildman–Crippen LogP) is 1.98. The van der Waals surface area contributed by atoms with Crippen LogP contribution in [0, 0.1) is 0 Å². The van der Waals surface area contributed by atoms with Crippen molar-refractivity contribution in [2.45, 2.75) is 25.8 Å². The Morgan fingerprint density at radius 3 is 3.00 bits per heavy atom. The molecule has 0 aliphatic carbocycles. The monoisotopic (exact) mass is 304 g/mol. The van der Waals surface area contributed by atoms with Crippen LogP contribution < -0.4 is 20.1 Å². The van der Waals surface area contributed by atoms with Gasteiger partial charge in [0.2, 0.25) is 0 Å². The normalized spacial score (nSPS) is 18.2. The van der Waals surface area contributed by atoms with Crippen LogP contribution in [0.4, 0.5) is 0 Å². The average Bonchev–Trinajstić information content (AvgIpc) is 2.54. The molecular weight excluding hydrogens is 280 g/mol. The Labute approximate surface area is 131 Å². The molecule has 1 atom stereocenters. The van der Waals surface area contributed by atoms with Crippen molar-refractivity contribution in [1.29, 1.82) is 0 Å². The van der Waals surface area contributed by atoms with Gasteiger partial charge in [-0.15, -0.1) is 0 Å². The molecule has 0 aromatic heterocycles. The highest BCUT2D eigenvalue weighted by Crippen LogP contribution is 2.28. The summed E-state index contributed by atoms with van der Waals surface area (Å²) in [5.74, 6) is 1.10. The van der Waals surface area contributed by atoms with Gasteiger partial charge in [0.1, 0.15) is 0 Å². The van der Waals surface area contributed by atoms with Crippen LogP contribution in [0.2, 0.25) is 0 Å². The molecule has 1 amide bonds. The van der Waals surface area contributed by atoms with Crippen LogP contribution in [-0.2, 0) is 4.79 Å². The first-order chi connectivity index (χ1) is 10.7. The topological polar surface area (TPSA) is 59.6 Å². The Balaban J connectivity index is 1.88. The third kappa shape index (κ3) is 4.77. The molecule has 1 aliphatic rings. The lowest BCUT2D eigenvalue weighted by atomic mass is 10.1. The number of allylic oxidation sites excluding steroid dienone is 1. The number of hydrogen-bond acceptors (Lipinski definition) is 4. The van der Waals surface area contributed by atoms with E-state index in [0.717, 1.165) is 31.5 Å². The second-order valence-electron chi connectivity index (χ2n) is 5.31. The first-order valence-electron chi connectivity index (χ1n) is 7.66. The summed E-state index contributed by atoms with van der Waals surface area (Å²) in [6, 6.07) is 5.84. The van der Waals surface area contributed by atoms with Gasteiger partial charge in [-0.2, -0.15) is 0 Å². The summed E-state index contributed by atoms with van der Waals surface area (Å²) in [6.45, 7) is 3.81. The van der Waals surface area contributed by atoms with Crippen LogP contribution in [0.5, 0.6) is 11.5 Å². The fourth-order valence-electron chi connectivity index (χ4n) is 2.49. The van der Waals surface area contributed by atoms with E-state index < -0.39 is 0 Å². The third-order valence-electron chi connectivity index (χ3n) is 3.57. The lowest BCUT2D eigenvalue weighted by Gasteiger charge is -2.23. The van der Waals surface area contributed by atoms with E-state index in [4.69, 9.17) is 9.47 Å². The van der Waals surface area contributed by atoms with Crippen LogP contribution in [-0.4, -0.2) is 38.8 Å². The summed E-state index contributed by atoms with van der Waals surface area (Å²) in [5.41, 5.74) is 1.03. The van der Waals surface area contributed by atoms with E-state index >= 15 is 0 Å². The zero-order valence-corrected chi connectivity index (χ0v) is 13.2. The number of carbonyl (C=O) groups excluding carboxylic acids is 1. The second kappa shape index (κ2) is 8.44. The van der Waals surface area contributed by atoms with Crippen molar-refractivity contribution >= 4 is 12.0 Å². The van der Waals surface area contributed by atoms with Gasteiger partial charge in [0.15, 0.2) is 18.1 Å². The minimum Gasteiger partial charge on any atom is -0.493 e. The number of amides is 1. The van der Waals surface area contributed by atoms with Gasteiger partial charge in [-0.3, -0.25) is 4.79 Å². The summed E-state index contributed by atoms with van der Waals surface area (Å²) in [5, 5.41) is 6.25. The van der Waals surface area contributed by atoms with Gasteiger partial charge < -0.3 is 20.1 Å². The highest BCUT2D eigenvalue weighted by molar-refractivity contribution is 5.78. The molecule has 2 rings (SSSR count). The number of piperidine rings is 1. The molecular formula is C17H24N2O3. The van der Waals surface area contributed by atoms with E-state index in [1.165, 1.54) is 0 Å². The highest BCUT2D eigenvalue weighted by atomic mass is 16.5. The van der Waals surface area contributed by atoms with Crippen molar-refractivity contribution in [3.05, 3.63) is 29.8 Å². The first-order valence-corrected chi connectivity index (χ1v) is 7.66. The molecule has 1 unspecified atom stereocenters. The number of nitrogens with one attached hydrogen (secondary N) is 2. The molecule has 0 radical (unpaired) electrons. The van der Waals surface area contributed by atoms with Crippen molar-refractivity contribution in [2.75, 3.05) is 26.8 Å². The van der Waals surface area contributed by atoms with Crippen LogP contribution in [0.1, 0.15) is 25.3 Å². The van der Waals surface area contributed by atoms with Crippen molar-refractivity contribution < 1.29 is 14.3 Å². The molecule has 5 heteroatoms. The van der Waals surface area contributed by atoms with Crippen molar-refractivity contribution in [3.8, 4) is 11.5 Å². The Bertz CT molecular complexity index is 523. The zero-order valence-electron chi connectivity index (χ0n) is 13.2. The van der Waals surface area contributed by atoms with Crippen molar-refractivity contribution in [3.63, 3.8) is 0 Å². The van der Waals surface area contributed by atoms with Gasteiger partial charge in [0.05, 0.1) is 7.11 Å². The van der Waals surface area contributed by atoms with Gasteiger partial charge >= 0.3 is 0 Å². The number of carbonyl (C=O) groups is 1. The molecule has 2 N–H and O–H groups in total. The van der Waals surface area contributed by atoms with E-state index in [0.29, 0.717) is 11.5 Å². The summed E-state index contributed by atoms with van der Waals surface area (Å²) >= 11 is 0. The Kier molecular flexibility index (Phi) is 6.27. The highest BCUT2D eigenvalue weighted by Gasteiger charge is 2.16. The number of methoxy groups -OCH3 is 1. The van der Waals surface area contributed by atoms with E-state index in [1.54, 1.807) is 7.11 Å². The summed E-state index contributed by atoms with van der Waals surface area (Å²) in [6.07, 6.45) is 6.04. The lowest BCUT2D eigenvalue weighted by Crippen LogP contribution is -2.47. The molecule has 0 saturated carbocycles. The van der Waals surface area contributed by atoms with Gasteiger partial charge in [-0.1, -0.05) is 18.2 Å². The molecule has 0 bridgehead atoms. The number of ether oxygens (including phenoxy) is 2. The molecule has 0 spiro atoms. The Hall–Kier alpha value is -2.01. The van der Waals surface area contributed by atoms with Crippen LogP contribution in [0.15, 0.2) is 24.3 Å². The Morgan fingerprint density at radius 1 is 1.45 bits per heavy atom. The minimum absolute atomic E-state index is 0.00414. The molecule has 1 aliphatic heterocycles. The fourth-order valence-corrected chi connectivity index (χ4v) is 2.49. The standard InChI is InChI=1S/C17H24N2O3/c1-3-5-13-7-8-15(16(10-13)21-2)22-12-17(20)19-14-6-4-9-18-11-14/h3,5,7-8,10,14,18H,4,6,9,11-12H2,1-2H3,(H,19,20)/b5-3+. The molecule has 22 heavy (non-hydrogen) atoms. The smallest absolute Gasteiger partial charge is 0.258 e. The maximum Gasteiger partial charge on any atom is 0.258 e. The van der Waals surface area contributed by atoms with Crippen molar-refractivity contribution in [1.82, 2.24) is 10.6 Å². The van der Waals surface area contributed by atoms with Crippen molar-refractivity contribution in [2.24, 2.45) is 0 Å². The summed E-state index contributed by atoms with van der Waals surface area (Å²) in [4.78, 5) is 11.9. The quantitative estimate of drug-likeness (QED) is 0.843. The average molecular weight is 304 g/mol. The number of benzene rings is 1. The lowest BCUT2D eigenvalue weighted by molar-refractivity contribution is -0.123. The maximum absolute atomic E-state index is 11.9. The molecule has 1 aromatic rings. The van der Waals surface area contributed by atoms with Crippen LogP contribution in [0.3, 0.4) is 0 Å². The molecule has 1 fully saturated rings. The fraction of sp³-hybridized carbons (Fsp3) is 0.471. The van der Waals surface area contributed by atoms with E-state index in [1.807, 2.05) is 37.3 Å². The van der Waals surface area contributed by atoms with Gasteiger partial charge in [0, 0.05) is 12.6 Å². The Morgan fingerprint density at radius 2 is 2.32 bits per heavy atom.